The third kappa shape index (κ3) is 2.07. The number of hydrogen-bond acceptors (Lipinski definition) is 3. The van der Waals surface area contributed by atoms with Gasteiger partial charge in [-0.2, -0.15) is 0 Å². The zero-order valence-corrected chi connectivity index (χ0v) is 8.45. The predicted molar refractivity (Wildman–Crippen MR) is 52.7 cm³/mol. The van der Waals surface area contributed by atoms with Gasteiger partial charge in [-0.3, -0.25) is 4.79 Å². The van der Waals surface area contributed by atoms with Crippen LogP contribution >= 0.6 is 0 Å². The Kier molecular flexibility index (Phi) is 3.03. The molecule has 14 heavy (non-hydrogen) atoms. The summed E-state index contributed by atoms with van der Waals surface area (Å²) in [6.45, 7) is 3.22. The van der Waals surface area contributed by atoms with E-state index in [0.717, 1.165) is 32.5 Å². The van der Waals surface area contributed by atoms with E-state index >= 15 is 0 Å². The van der Waals surface area contributed by atoms with Gasteiger partial charge in [0, 0.05) is 25.6 Å². The molecule has 2 rings (SSSR count). The quantitative estimate of drug-likeness (QED) is 0.693. The summed E-state index contributed by atoms with van der Waals surface area (Å²) >= 11 is 0. The first-order chi connectivity index (χ1) is 6.79. The molecule has 4 heteroatoms. The highest BCUT2D eigenvalue weighted by Crippen LogP contribution is 2.20. The van der Waals surface area contributed by atoms with Crippen molar-refractivity contribution in [1.82, 2.24) is 4.90 Å². The lowest BCUT2D eigenvalue weighted by atomic mass is 9.99. The molecule has 80 valence electrons. The van der Waals surface area contributed by atoms with Crippen molar-refractivity contribution in [1.29, 1.82) is 0 Å². The zero-order chi connectivity index (χ0) is 9.97. The van der Waals surface area contributed by atoms with Gasteiger partial charge in [0.1, 0.15) is 0 Å². The van der Waals surface area contributed by atoms with Crippen LogP contribution in [0.5, 0.6) is 0 Å². The Labute approximate surface area is 84.4 Å². The maximum Gasteiger partial charge on any atom is 0.225 e. The molecule has 0 radical (unpaired) electrons. The van der Waals surface area contributed by atoms with Crippen molar-refractivity contribution in [3.05, 3.63) is 0 Å². The maximum atomic E-state index is 11.6. The summed E-state index contributed by atoms with van der Waals surface area (Å²) in [4.78, 5) is 13.5. The van der Waals surface area contributed by atoms with Gasteiger partial charge < -0.3 is 15.4 Å². The minimum atomic E-state index is 0.180. The van der Waals surface area contributed by atoms with E-state index in [-0.39, 0.29) is 12.0 Å². The van der Waals surface area contributed by atoms with Crippen LogP contribution in [-0.4, -0.2) is 43.2 Å². The van der Waals surface area contributed by atoms with Gasteiger partial charge in [-0.15, -0.1) is 0 Å². The second-order valence-electron chi connectivity index (χ2n) is 4.24. The molecule has 1 unspecified atom stereocenters. The van der Waals surface area contributed by atoms with Crippen LogP contribution in [0.25, 0.3) is 0 Å². The van der Waals surface area contributed by atoms with Crippen LogP contribution in [0.4, 0.5) is 0 Å². The Balaban J connectivity index is 1.69. The smallest absolute Gasteiger partial charge is 0.225 e. The fourth-order valence-electron chi connectivity index (χ4n) is 2.05. The van der Waals surface area contributed by atoms with Crippen LogP contribution < -0.4 is 5.73 Å². The topological polar surface area (TPSA) is 55.6 Å². The van der Waals surface area contributed by atoms with Crippen LogP contribution in [-0.2, 0) is 9.53 Å². The largest absolute Gasteiger partial charge is 0.378 e. The van der Waals surface area contributed by atoms with E-state index in [4.69, 9.17) is 10.5 Å². The second kappa shape index (κ2) is 4.28. The number of amides is 1. The summed E-state index contributed by atoms with van der Waals surface area (Å²) in [7, 11) is 0. The molecular formula is C10H18N2O2. The van der Waals surface area contributed by atoms with Gasteiger partial charge in [0.05, 0.1) is 12.5 Å². The molecule has 4 nitrogen and oxygen atoms in total. The second-order valence-corrected chi connectivity index (χ2v) is 4.24. The van der Waals surface area contributed by atoms with Crippen molar-refractivity contribution in [2.24, 2.45) is 11.7 Å². The molecule has 0 aliphatic carbocycles. The minimum Gasteiger partial charge on any atom is -0.378 e. The molecule has 2 heterocycles. The molecule has 2 fully saturated rings. The van der Waals surface area contributed by atoms with Crippen molar-refractivity contribution in [3.63, 3.8) is 0 Å². The number of hydrogen-bond donors (Lipinski definition) is 1. The third-order valence-corrected chi connectivity index (χ3v) is 3.07. The number of carbonyl (C=O) groups is 1. The lowest BCUT2D eigenvalue weighted by Crippen LogP contribution is -2.53. The summed E-state index contributed by atoms with van der Waals surface area (Å²) in [6.07, 6.45) is 2.89. The van der Waals surface area contributed by atoms with E-state index in [9.17, 15) is 4.79 Å². The van der Waals surface area contributed by atoms with E-state index in [1.807, 2.05) is 4.90 Å². The average Bonchev–Trinajstić information content (AvgIpc) is 2.54. The molecule has 0 aromatic heterocycles. The number of nitrogens with zero attached hydrogens (tertiary/aromatic N) is 1. The van der Waals surface area contributed by atoms with Crippen molar-refractivity contribution < 1.29 is 9.53 Å². The van der Waals surface area contributed by atoms with Gasteiger partial charge in [0.2, 0.25) is 5.91 Å². The monoisotopic (exact) mass is 198 g/mol. The number of nitrogens with two attached hydrogens (primary N) is 1. The lowest BCUT2D eigenvalue weighted by molar-refractivity contribution is -0.139. The molecule has 1 amide bonds. The molecule has 0 bridgehead atoms. The number of carbonyl (C=O) groups excluding carboxylic acids is 1. The van der Waals surface area contributed by atoms with Crippen LogP contribution in [0.1, 0.15) is 19.3 Å². The lowest BCUT2D eigenvalue weighted by Gasteiger charge is -2.39. The first-order valence-corrected chi connectivity index (χ1v) is 5.39. The fraction of sp³-hybridized carbons (Fsp3) is 0.900. The molecule has 0 spiro atoms. The molecule has 0 aromatic rings. The number of ether oxygens (including phenoxy) is 1. The van der Waals surface area contributed by atoms with E-state index in [2.05, 4.69) is 0 Å². The van der Waals surface area contributed by atoms with Gasteiger partial charge in [0.15, 0.2) is 0 Å². The summed E-state index contributed by atoms with van der Waals surface area (Å²) in [6, 6.07) is 0. The Bertz CT molecular complexity index is 208. The maximum absolute atomic E-state index is 11.6. The Morgan fingerprint density at radius 3 is 2.86 bits per heavy atom. The highest BCUT2D eigenvalue weighted by atomic mass is 16.5. The van der Waals surface area contributed by atoms with Gasteiger partial charge in [-0.1, -0.05) is 0 Å². The summed E-state index contributed by atoms with van der Waals surface area (Å²) in [5, 5.41) is 0. The standard InChI is InChI=1S/C10H18N2O2/c11-5-8-6-12(7-8)10(13)4-9-2-1-3-14-9/h8-9H,1-7,11H2. The first-order valence-electron chi connectivity index (χ1n) is 5.39. The van der Waals surface area contributed by atoms with Crippen molar-refractivity contribution in [3.8, 4) is 0 Å². The summed E-state index contributed by atoms with van der Waals surface area (Å²) < 4.78 is 5.42. The summed E-state index contributed by atoms with van der Waals surface area (Å²) in [5.74, 6) is 0.769. The Morgan fingerprint density at radius 1 is 1.50 bits per heavy atom. The number of rotatable bonds is 3. The van der Waals surface area contributed by atoms with Gasteiger partial charge >= 0.3 is 0 Å². The highest BCUT2D eigenvalue weighted by molar-refractivity contribution is 5.77. The van der Waals surface area contributed by atoms with Crippen LogP contribution in [0.2, 0.25) is 0 Å². The number of likely N-dealkylation sites (tertiary alicyclic amines) is 1. The molecule has 2 N–H and O–H groups in total. The highest BCUT2D eigenvalue weighted by Gasteiger charge is 2.31. The molecular weight excluding hydrogens is 180 g/mol. The normalized spacial score (nSPS) is 27.8. The van der Waals surface area contributed by atoms with Crippen molar-refractivity contribution >= 4 is 5.91 Å². The van der Waals surface area contributed by atoms with E-state index in [1.54, 1.807) is 0 Å². The zero-order valence-electron chi connectivity index (χ0n) is 8.45. The average molecular weight is 198 g/mol. The Morgan fingerprint density at radius 2 is 2.29 bits per heavy atom. The van der Waals surface area contributed by atoms with Crippen LogP contribution in [0.3, 0.4) is 0 Å². The molecule has 0 aromatic carbocycles. The summed E-state index contributed by atoms with van der Waals surface area (Å²) in [5.41, 5.74) is 5.50. The van der Waals surface area contributed by atoms with Crippen molar-refractivity contribution in [2.45, 2.75) is 25.4 Å². The van der Waals surface area contributed by atoms with E-state index in [0.29, 0.717) is 18.9 Å². The third-order valence-electron chi connectivity index (χ3n) is 3.07. The molecule has 1 atom stereocenters. The fourth-order valence-corrected chi connectivity index (χ4v) is 2.05. The van der Waals surface area contributed by atoms with Gasteiger partial charge in [-0.25, -0.2) is 0 Å². The molecule has 2 aliphatic heterocycles. The van der Waals surface area contributed by atoms with Crippen LogP contribution in [0.15, 0.2) is 0 Å². The van der Waals surface area contributed by atoms with E-state index in [1.165, 1.54) is 0 Å². The van der Waals surface area contributed by atoms with Crippen LogP contribution in [0, 0.1) is 5.92 Å². The predicted octanol–water partition coefficient (Wildman–Crippen LogP) is -0.0274. The molecule has 2 aliphatic rings. The SMILES string of the molecule is NCC1CN(C(=O)CC2CCCO2)C1. The van der Waals surface area contributed by atoms with Gasteiger partial charge in [-0.05, 0) is 19.4 Å². The minimum absolute atomic E-state index is 0.180. The van der Waals surface area contributed by atoms with E-state index < -0.39 is 0 Å². The van der Waals surface area contributed by atoms with Gasteiger partial charge in [0.25, 0.3) is 0 Å². The first kappa shape index (κ1) is 9.93. The Hall–Kier alpha value is -0.610. The molecule has 0 saturated carbocycles. The molecule has 2 saturated heterocycles. The van der Waals surface area contributed by atoms with Crippen molar-refractivity contribution in [2.75, 3.05) is 26.2 Å².